The molecule has 0 aliphatic heterocycles. The van der Waals surface area contributed by atoms with Crippen molar-refractivity contribution in [2.24, 2.45) is 5.73 Å². The molecule has 90 valence electrons. The summed E-state index contributed by atoms with van der Waals surface area (Å²) in [5, 5.41) is 10.3. The van der Waals surface area contributed by atoms with Gasteiger partial charge in [-0.1, -0.05) is 19.1 Å². The van der Waals surface area contributed by atoms with Crippen molar-refractivity contribution in [3.63, 3.8) is 0 Å². The minimum atomic E-state index is -0.948. The molecule has 1 rings (SSSR count). The third kappa shape index (κ3) is 2.97. The summed E-state index contributed by atoms with van der Waals surface area (Å²) in [6.45, 7) is 6.08. The van der Waals surface area contributed by atoms with E-state index in [1.165, 1.54) is 0 Å². The molecule has 0 aliphatic rings. The van der Waals surface area contributed by atoms with Gasteiger partial charge in [-0.3, -0.25) is 0 Å². The number of rotatable bonds is 5. The van der Waals surface area contributed by atoms with Crippen LogP contribution in [0.5, 0.6) is 5.75 Å². The molecule has 0 bridgehead atoms. The van der Waals surface area contributed by atoms with E-state index in [0.717, 1.165) is 11.3 Å². The molecule has 0 aromatic heterocycles. The van der Waals surface area contributed by atoms with Crippen molar-refractivity contribution >= 4 is 0 Å². The van der Waals surface area contributed by atoms with Crippen molar-refractivity contribution in [2.45, 2.75) is 38.9 Å². The molecule has 0 amide bonds. The van der Waals surface area contributed by atoms with Gasteiger partial charge in [-0.2, -0.15) is 0 Å². The van der Waals surface area contributed by atoms with Gasteiger partial charge in [0.25, 0.3) is 0 Å². The summed E-state index contributed by atoms with van der Waals surface area (Å²) in [6.07, 6.45) is 0.720. The average molecular weight is 223 g/mol. The zero-order chi connectivity index (χ0) is 12.2. The maximum Gasteiger partial charge on any atom is 0.120 e. The van der Waals surface area contributed by atoms with E-state index < -0.39 is 5.60 Å². The van der Waals surface area contributed by atoms with Crippen molar-refractivity contribution in [3.05, 3.63) is 29.8 Å². The van der Waals surface area contributed by atoms with Crippen LogP contribution < -0.4 is 10.5 Å². The molecule has 16 heavy (non-hydrogen) atoms. The van der Waals surface area contributed by atoms with E-state index in [2.05, 4.69) is 0 Å². The second-order valence-corrected chi connectivity index (χ2v) is 4.28. The Labute approximate surface area is 97.2 Å². The summed E-state index contributed by atoms with van der Waals surface area (Å²) in [4.78, 5) is 0. The number of ether oxygens (including phenoxy) is 1. The maximum atomic E-state index is 10.3. The number of aliphatic hydroxyl groups is 1. The molecule has 0 spiro atoms. The molecule has 0 saturated heterocycles. The van der Waals surface area contributed by atoms with Crippen LogP contribution in [0.2, 0.25) is 0 Å². The molecule has 0 aliphatic carbocycles. The molecule has 0 heterocycles. The Hall–Kier alpha value is -1.06. The summed E-state index contributed by atoms with van der Waals surface area (Å²) in [5.74, 6) is 0.771. The van der Waals surface area contributed by atoms with Crippen molar-refractivity contribution in [2.75, 3.05) is 6.54 Å². The topological polar surface area (TPSA) is 55.5 Å². The first kappa shape index (κ1) is 13.0. The first-order valence-electron chi connectivity index (χ1n) is 5.71. The number of hydrogen-bond acceptors (Lipinski definition) is 3. The quantitative estimate of drug-likeness (QED) is 0.803. The molecular weight excluding hydrogens is 202 g/mol. The van der Waals surface area contributed by atoms with E-state index >= 15 is 0 Å². The van der Waals surface area contributed by atoms with Crippen molar-refractivity contribution in [3.8, 4) is 5.75 Å². The highest BCUT2D eigenvalue weighted by Crippen LogP contribution is 2.27. The minimum Gasteiger partial charge on any atom is -0.491 e. The lowest BCUT2D eigenvalue weighted by molar-refractivity contribution is 0.0415. The molecule has 1 aromatic carbocycles. The SMILES string of the molecule is CCC(O)(CN)c1cccc(OC(C)C)c1. The highest BCUT2D eigenvalue weighted by molar-refractivity contribution is 5.32. The molecular formula is C13H21NO2. The molecule has 3 heteroatoms. The van der Waals surface area contributed by atoms with Gasteiger partial charge in [0.1, 0.15) is 11.4 Å². The van der Waals surface area contributed by atoms with Gasteiger partial charge < -0.3 is 15.6 Å². The predicted molar refractivity (Wildman–Crippen MR) is 65.4 cm³/mol. The predicted octanol–water partition coefficient (Wildman–Crippen LogP) is 2.03. The van der Waals surface area contributed by atoms with Gasteiger partial charge in [0.15, 0.2) is 0 Å². The van der Waals surface area contributed by atoms with E-state index in [1.807, 2.05) is 45.0 Å². The summed E-state index contributed by atoms with van der Waals surface area (Å²) >= 11 is 0. The average Bonchev–Trinajstić information content (AvgIpc) is 2.27. The van der Waals surface area contributed by atoms with Gasteiger partial charge in [0.05, 0.1) is 6.10 Å². The minimum absolute atomic E-state index is 0.128. The lowest BCUT2D eigenvalue weighted by Crippen LogP contribution is -2.34. The normalized spacial score (nSPS) is 14.9. The van der Waals surface area contributed by atoms with Crippen LogP contribution in [0.25, 0.3) is 0 Å². The fraction of sp³-hybridized carbons (Fsp3) is 0.538. The summed E-state index contributed by atoms with van der Waals surface area (Å²) in [7, 11) is 0. The first-order chi connectivity index (χ1) is 7.51. The van der Waals surface area contributed by atoms with Crippen molar-refractivity contribution in [1.29, 1.82) is 0 Å². The third-order valence-corrected chi connectivity index (χ3v) is 2.67. The monoisotopic (exact) mass is 223 g/mol. The van der Waals surface area contributed by atoms with Crippen LogP contribution in [0.1, 0.15) is 32.8 Å². The summed E-state index contributed by atoms with van der Waals surface area (Å²) in [5.41, 5.74) is 5.48. The third-order valence-electron chi connectivity index (χ3n) is 2.67. The van der Waals surface area contributed by atoms with Crippen LogP contribution in [-0.4, -0.2) is 17.8 Å². The largest absolute Gasteiger partial charge is 0.491 e. The zero-order valence-corrected chi connectivity index (χ0v) is 10.2. The van der Waals surface area contributed by atoms with Gasteiger partial charge in [0, 0.05) is 6.54 Å². The highest BCUT2D eigenvalue weighted by atomic mass is 16.5. The van der Waals surface area contributed by atoms with Crippen LogP contribution >= 0.6 is 0 Å². The first-order valence-corrected chi connectivity index (χ1v) is 5.71. The van der Waals surface area contributed by atoms with Crippen LogP contribution in [-0.2, 0) is 5.60 Å². The second kappa shape index (κ2) is 5.32. The van der Waals surface area contributed by atoms with Gasteiger partial charge in [0.2, 0.25) is 0 Å². The van der Waals surface area contributed by atoms with Crippen LogP contribution in [0.3, 0.4) is 0 Å². The summed E-state index contributed by atoms with van der Waals surface area (Å²) < 4.78 is 5.59. The Kier molecular flexibility index (Phi) is 4.33. The Morgan fingerprint density at radius 1 is 1.44 bits per heavy atom. The number of benzene rings is 1. The Bertz CT molecular complexity index is 332. The second-order valence-electron chi connectivity index (χ2n) is 4.28. The molecule has 0 fully saturated rings. The van der Waals surface area contributed by atoms with E-state index in [1.54, 1.807) is 0 Å². The maximum absolute atomic E-state index is 10.3. The van der Waals surface area contributed by atoms with E-state index in [0.29, 0.717) is 6.42 Å². The van der Waals surface area contributed by atoms with Crippen LogP contribution in [0.4, 0.5) is 0 Å². The number of nitrogens with two attached hydrogens (primary N) is 1. The van der Waals surface area contributed by atoms with Gasteiger partial charge in [-0.25, -0.2) is 0 Å². The molecule has 0 radical (unpaired) electrons. The molecule has 3 N–H and O–H groups in total. The fourth-order valence-electron chi connectivity index (χ4n) is 1.60. The van der Waals surface area contributed by atoms with E-state index in [9.17, 15) is 5.11 Å². The zero-order valence-electron chi connectivity index (χ0n) is 10.2. The van der Waals surface area contributed by atoms with E-state index in [4.69, 9.17) is 10.5 Å². The molecule has 1 unspecified atom stereocenters. The lowest BCUT2D eigenvalue weighted by atomic mass is 9.91. The highest BCUT2D eigenvalue weighted by Gasteiger charge is 2.25. The standard InChI is InChI=1S/C13H21NO2/c1-4-13(15,9-14)11-6-5-7-12(8-11)16-10(2)3/h5-8,10,15H,4,9,14H2,1-3H3. The van der Waals surface area contributed by atoms with Gasteiger partial charge in [-0.05, 0) is 38.0 Å². The molecule has 1 aromatic rings. The fourth-order valence-corrected chi connectivity index (χ4v) is 1.60. The van der Waals surface area contributed by atoms with Crippen LogP contribution in [0.15, 0.2) is 24.3 Å². The number of hydrogen-bond donors (Lipinski definition) is 2. The van der Waals surface area contributed by atoms with E-state index in [-0.39, 0.29) is 12.6 Å². The smallest absolute Gasteiger partial charge is 0.120 e. The molecule has 0 saturated carbocycles. The van der Waals surface area contributed by atoms with Crippen molar-refractivity contribution < 1.29 is 9.84 Å². The Morgan fingerprint density at radius 3 is 2.62 bits per heavy atom. The van der Waals surface area contributed by atoms with Crippen LogP contribution in [0, 0.1) is 0 Å². The Morgan fingerprint density at radius 2 is 2.12 bits per heavy atom. The summed E-state index contributed by atoms with van der Waals surface area (Å²) in [6, 6.07) is 7.50. The van der Waals surface area contributed by atoms with Crippen molar-refractivity contribution in [1.82, 2.24) is 0 Å². The molecule has 1 atom stereocenters. The molecule has 3 nitrogen and oxygen atoms in total. The Balaban J connectivity index is 2.97. The van der Waals surface area contributed by atoms with Gasteiger partial charge in [-0.15, -0.1) is 0 Å². The van der Waals surface area contributed by atoms with Gasteiger partial charge >= 0.3 is 0 Å². The lowest BCUT2D eigenvalue weighted by Gasteiger charge is -2.26.